The quantitative estimate of drug-likeness (QED) is 0.317. The highest BCUT2D eigenvalue weighted by molar-refractivity contribution is 6.30. The van der Waals surface area contributed by atoms with Crippen LogP contribution in [-0.2, 0) is 6.54 Å². The lowest BCUT2D eigenvalue weighted by Gasteiger charge is -2.26. The molecule has 1 N–H and O–H groups in total. The van der Waals surface area contributed by atoms with Crippen LogP contribution in [0.2, 0.25) is 5.02 Å². The first-order valence-corrected chi connectivity index (χ1v) is 12.2. The Morgan fingerprint density at radius 3 is 2.43 bits per heavy atom. The second kappa shape index (κ2) is 9.92. The molecule has 5 rings (SSSR count). The molecular weight excluding hydrogens is 460 g/mol. The van der Waals surface area contributed by atoms with Crippen molar-refractivity contribution in [1.29, 1.82) is 0 Å². The summed E-state index contributed by atoms with van der Waals surface area (Å²) in [5.41, 5.74) is 5.07. The summed E-state index contributed by atoms with van der Waals surface area (Å²) in [6.45, 7) is 5.50. The van der Waals surface area contributed by atoms with Crippen molar-refractivity contribution in [3.8, 4) is 17.0 Å². The molecule has 1 aliphatic heterocycles. The van der Waals surface area contributed by atoms with E-state index in [1.54, 1.807) is 12.4 Å². The normalized spacial score (nSPS) is 15.0. The maximum Gasteiger partial charge on any atom is 0.273 e. The van der Waals surface area contributed by atoms with E-state index < -0.39 is 0 Å². The molecule has 0 bridgehead atoms. The fraction of sp³-hybridized carbons (Fsp3) is 0.250. The van der Waals surface area contributed by atoms with Gasteiger partial charge in [0.15, 0.2) is 0 Å². The number of H-pyrrole nitrogens is 1. The molecule has 2 aromatic carbocycles. The molecule has 1 unspecified atom stereocenters. The lowest BCUT2D eigenvalue weighted by atomic mass is 9.96. The zero-order chi connectivity index (χ0) is 24.4. The summed E-state index contributed by atoms with van der Waals surface area (Å²) in [5, 5.41) is 8.19. The molecule has 1 amide bonds. The highest BCUT2D eigenvalue weighted by Gasteiger charge is 2.42. The second-order valence-electron chi connectivity index (χ2n) is 9.16. The minimum Gasteiger partial charge on any atom is -0.494 e. The monoisotopic (exact) mass is 486 g/mol. The van der Waals surface area contributed by atoms with Crippen LogP contribution in [0.4, 0.5) is 0 Å². The number of hydrogen-bond donors (Lipinski definition) is 1. The van der Waals surface area contributed by atoms with E-state index in [4.69, 9.17) is 16.3 Å². The molecular formula is C28H27ClN4O2. The Kier molecular flexibility index (Phi) is 6.55. The van der Waals surface area contributed by atoms with Crippen molar-refractivity contribution in [3.05, 3.63) is 100 Å². The molecule has 2 aromatic heterocycles. The number of carbonyl (C=O) groups excluding carboxylic acids is 1. The zero-order valence-electron chi connectivity index (χ0n) is 19.7. The topological polar surface area (TPSA) is 71.1 Å². The van der Waals surface area contributed by atoms with E-state index in [1.165, 1.54) is 0 Å². The van der Waals surface area contributed by atoms with E-state index in [0.717, 1.165) is 40.1 Å². The van der Waals surface area contributed by atoms with Crippen molar-refractivity contribution in [2.24, 2.45) is 5.92 Å². The number of halogens is 1. The van der Waals surface area contributed by atoms with Gasteiger partial charge in [-0.1, -0.05) is 49.7 Å². The van der Waals surface area contributed by atoms with Crippen LogP contribution in [0.15, 0.2) is 73.1 Å². The number of rotatable bonds is 8. The largest absolute Gasteiger partial charge is 0.494 e. The summed E-state index contributed by atoms with van der Waals surface area (Å²) in [4.78, 5) is 19.5. The average molecular weight is 487 g/mol. The Bertz CT molecular complexity index is 1300. The molecule has 7 heteroatoms. The molecule has 1 aliphatic rings. The number of nitrogens with one attached hydrogen (secondary N) is 1. The lowest BCUT2D eigenvalue weighted by molar-refractivity contribution is 0.0730. The number of carbonyl (C=O) groups is 1. The van der Waals surface area contributed by atoms with Gasteiger partial charge in [0.25, 0.3) is 5.91 Å². The van der Waals surface area contributed by atoms with Crippen LogP contribution in [-0.4, -0.2) is 32.6 Å². The van der Waals surface area contributed by atoms with Gasteiger partial charge in [-0.3, -0.25) is 14.9 Å². The van der Waals surface area contributed by atoms with Gasteiger partial charge in [0.2, 0.25) is 0 Å². The van der Waals surface area contributed by atoms with Crippen molar-refractivity contribution in [2.45, 2.75) is 32.9 Å². The molecule has 3 heterocycles. The van der Waals surface area contributed by atoms with Crippen LogP contribution in [0, 0.1) is 5.92 Å². The third-order valence-corrected chi connectivity index (χ3v) is 6.50. The van der Waals surface area contributed by atoms with Gasteiger partial charge in [-0.25, -0.2) is 0 Å². The Morgan fingerprint density at radius 1 is 1.03 bits per heavy atom. The minimum absolute atomic E-state index is 0.0771. The summed E-state index contributed by atoms with van der Waals surface area (Å²) in [6.07, 6.45) is 4.49. The van der Waals surface area contributed by atoms with Gasteiger partial charge in [-0.15, -0.1) is 0 Å². The third kappa shape index (κ3) is 4.80. The highest BCUT2D eigenvalue weighted by atomic mass is 35.5. The molecule has 0 radical (unpaired) electrons. The van der Waals surface area contributed by atoms with Crippen LogP contribution in [0.1, 0.15) is 53.5 Å². The molecule has 0 saturated heterocycles. The lowest BCUT2D eigenvalue weighted by Crippen LogP contribution is -2.29. The Balaban J connectivity index is 1.52. The number of ether oxygens (including phenoxy) is 1. The molecule has 1 atom stereocenters. The van der Waals surface area contributed by atoms with Gasteiger partial charge in [0.05, 0.1) is 18.3 Å². The maximum absolute atomic E-state index is 13.5. The van der Waals surface area contributed by atoms with Crippen LogP contribution in [0.5, 0.6) is 5.75 Å². The molecule has 0 aliphatic carbocycles. The smallest absolute Gasteiger partial charge is 0.273 e. The van der Waals surface area contributed by atoms with Crippen molar-refractivity contribution < 1.29 is 9.53 Å². The fourth-order valence-electron chi connectivity index (χ4n) is 4.38. The first-order chi connectivity index (χ1) is 17.0. The van der Waals surface area contributed by atoms with E-state index >= 15 is 0 Å². The number of fused-ring (bicyclic) bond motifs is 1. The van der Waals surface area contributed by atoms with E-state index in [9.17, 15) is 4.79 Å². The van der Waals surface area contributed by atoms with E-state index in [1.807, 2.05) is 65.6 Å². The second-order valence-corrected chi connectivity index (χ2v) is 9.60. The Hall–Kier alpha value is -3.64. The van der Waals surface area contributed by atoms with Crippen LogP contribution in [0.25, 0.3) is 11.3 Å². The summed E-state index contributed by atoms with van der Waals surface area (Å²) < 4.78 is 5.92. The maximum atomic E-state index is 13.5. The zero-order valence-corrected chi connectivity index (χ0v) is 20.5. The first kappa shape index (κ1) is 23.1. The summed E-state index contributed by atoms with van der Waals surface area (Å²) in [7, 11) is 0. The molecule has 0 saturated carbocycles. The first-order valence-electron chi connectivity index (χ1n) is 11.8. The Morgan fingerprint density at radius 2 is 1.74 bits per heavy atom. The predicted octanol–water partition coefficient (Wildman–Crippen LogP) is 6.30. The molecule has 178 valence electrons. The van der Waals surface area contributed by atoms with E-state index in [2.05, 4.69) is 29.0 Å². The highest BCUT2D eigenvalue weighted by Crippen LogP contribution is 2.43. The van der Waals surface area contributed by atoms with Crippen molar-refractivity contribution >= 4 is 17.5 Å². The van der Waals surface area contributed by atoms with Gasteiger partial charge in [-0.2, -0.15) is 5.10 Å². The SMILES string of the molecule is CC(C)CCOc1ccc(C2c3c(-c4ccc(Cl)cc4)n[nH]c3C(=O)N2Cc2ccncc2)cc1. The molecule has 6 nitrogen and oxygen atoms in total. The fourth-order valence-corrected chi connectivity index (χ4v) is 4.50. The summed E-state index contributed by atoms with van der Waals surface area (Å²) >= 11 is 6.11. The molecule has 0 spiro atoms. The van der Waals surface area contributed by atoms with E-state index in [0.29, 0.717) is 29.8 Å². The molecule has 4 aromatic rings. The van der Waals surface area contributed by atoms with Crippen molar-refractivity contribution in [3.63, 3.8) is 0 Å². The van der Waals surface area contributed by atoms with E-state index in [-0.39, 0.29) is 11.9 Å². The predicted molar refractivity (Wildman–Crippen MR) is 136 cm³/mol. The Labute approximate surface area is 209 Å². The van der Waals surface area contributed by atoms with Gasteiger partial charge >= 0.3 is 0 Å². The molecule has 35 heavy (non-hydrogen) atoms. The van der Waals surface area contributed by atoms with Gasteiger partial charge in [0, 0.05) is 35.1 Å². The average Bonchev–Trinajstić information content (AvgIpc) is 3.40. The number of hydrogen-bond acceptors (Lipinski definition) is 4. The third-order valence-electron chi connectivity index (χ3n) is 6.24. The number of amides is 1. The summed E-state index contributed by atoms with van der Waals surface area (Å²) in [5.74, 6) is 1.34. The van der Waals surface area contributed by atoms with Crippen LogP contribution < -0.4 is 4.74 Å². The number of pyridine rings is 1. The number of benzene rings is 2. The molecule has 0 fully saturated rings. The van der Waals surface area contributed by atoms with Gasteiger partial charge < -0.3 is 9.64 Å². The van der Waals surface area contributed by atoms with Crippen molar-refractivity contribution in [2.75, 3.05) is 6.61 Å². The van der Waals surface area contributed by atoms with Crippen LogP contribution in [0.3, 0.4) is 0 Å². The number of aromatic amines is 1. The number of aromatic nitrogens is 3. The standard InChI is InChI=1S/C28H27ClN4O2/c1-18(2)13-16-35-23-9-5-21(6-10-23)27-24-25(20-3-7-22(29)8-4-20)31-32-26(24)28(34)33(27)17-19-11-14-30-15-12-19/h3-12,14-15,18,27H,13,16-17H2,1-2H3,(H,31,32). The van der Waals surface area contributed by atoms with Crippen LogP contribution >= 0.6 is 11.6 Å². The van der Waals surface area contributed by atoms with Crippen molar-refractivity contribution in [1.82, 2.24) is 20.1 Å². The number of nitrogens with zero attached hydrogens (tertiary/aromatic N) is 3. The van der Waals surface area contributed by atoms with Gasteiger partial charge in [-0.05, 0) is 59.9 Å². The van der Waals surface area contributed by atoms with Gasteiger partial charge in [0.1, 0.15) is 11.4 Å². The summed E-state index contributed by atoms with van der Waals surface area (Å²) in [6, 6.07) is 19.1. The minimum atomic E-state index is -0.292.